The van der Waals surface area contributed by atoms with Crippen molar-refractivity contribution in [3.63, 3.8) is 0 Å². The van der Waals surface area contributed by atoms with E-state index in [2.05, 4.69) is 111 Å². The molecule has 2 aromatic rings. The van der Waals surface area contributed by atoms with E-state index in [-0.39, 0.29) is 24.8 Å². The van der Waals surface area contributed by atoms with Gasteiger partial charge in [0.05, 0.1) is 0 Å². The molecule has 162 valence electrons. The monoisotopic (exact) mass is 560 g/mol. The summed E-state index contributed by atoms with van der Waals surface area (Å²) in [5.41, 5.74) is 5.53. The average Bonchev–Trinajstić information content (AvgIpc) is 3.40. The zero-order chi connectivity index (χ0) is 20.7. The summed E-state index contributed by atoms with van der Waals surface area (Å²) in [6.45, 7) is 9.74. The van der Waals surface area contributed by atoms with Gasteiger partial charge in [-0.1, -0.05) is 26.2 Å². The maximum absolute atomic E-state index is 2.45. The number of benzene rings is 2. The van der Waals surface area contributed by atoms with Crippen molar-refractivity contribution >= 4 is 27.8 Å². The molecule has 0 spiro atoms. The third kappa shape index (κ3) is 9.36. The molecule has 0 aromatic heterocycles. The van der Waals surface area contributed by atoms with Crippen molar-refractivity contribution in [3.05, 3.63) is 103 Å². The first-order valence-electron chi connectivity index (χ1n) is 10.6. The molecule has 0 unspecified atom stereocenters. The van der Waals surface area contributed by atoms with Gasteiger partial charge in [-0.3, -0.25) is 0 Å². The van der Waals surface area contributed by atoms with Gasteiger partial charge in [0.2, 0.25) is 0 Å². The van der Waals surface area contributed by atoms with Crippen LogP contribution in [0.1, 0.15) is 24.0 Å². The fraction of sp³-hybridized carbons (Fsp3) is 0.231. The summed E-state index contributed by atoms with van der Waals surface area (Å²) in [5, 5.41) is 0. The van der Waals surface area contributed by atoms with Gasteiger partial charge in [0.15, 0.2) is 0 Å². The zero-order valence-electron chi connectivity index (χ0n) is 19.0. The number of rotatable bonds is 5. The van der Waals surface area contributed by atoms with Gasteiger partial charge >= 0.3 is 150 Å². The van der Waals surface area contributed by atoms with Crippen LogP contribution in [0.25, 0.3) is 11.1 Å². The molecule has 0 bridgehead atoms. The Hall–Kier alpha value is -0.703. The molecule has 0 N–H and O–H groups in total. The minimum atomic E-state index is -0.602. The van der Waals surface area contributed by atoms with Crippen LogP contribution in [0.5, 0.6) is 0 Å². The summed E-state index contributed by atoms with van der Waals surface area (Å²) < 4.78 is 3.39. The van der Waals surface area contributed by atoms with E-state index < -0.39 is 30.8 Å². The largest absolute Gasteiger partial charge is 1.00 e. The van der Waals surface area contributed by atoms with Crippen molar-refractivity contribution in [1.82, 2.24) is 0 Å². The molecule has 0 fully saturated rings. The first-order valence-corrected chi connectivity index (χ1v) is 20.3. The molecule has 4 rings (SSSR count). The molecule has 5 heteroatoms. The van der Waals surface area contributed by atoms with Crippen LogP contribution in [0.15, 0.2) is 91.5 Å². The molecule has 0 saturated heterocycles. The molecule has 2 aliphatic rings. The van der Waals surface area contributed by atoms with Crippen molar-refractivity contribution < 1.29 is 48.0 Å². The van der Waals surface area contributed by atoms with Gasteiger partial charge in [-0.2, -0.15) is 0 Å². The minimum Gasteiger partial charge on any atom is -1.00 e. The standard InChI is InChI=1S/2C11H9.C4H14Si2.2ClH.Zr/c2*1-2-6-10(7-3-1)11-8-4-5-9-11;1-5-6(2,3)4;;;/h2*1-3,6-9H,4H2;5H2,1-4H3;2*1H;/q;;;;;+2/p-2. The predicted octanol–water partition coefficient (Wildman–Crippen LogP) is 0.858. The van der Waals surface area contributed by atoms with E-state index in [4.69, 9.17) is 0 Å². The minimum absolute atomic E-state index is 0. The maximum Gasteiger partial charge on any atom is 0.0307 e. The Balaban J connectivity index is 0.000000535. The molecule has 2 aromatic carbocycles. The topological polar surface area (TPSA) is 0 Å². The molecule has 31 heavy (non-hydrogen) atoms. The van der Waals surface area contributed by atoms with Crippen LogP contribution in [0.4, 0.5) is 0 Å². The molecule has 0 heterocycles. The molecular weight excluding hydrogens is 531 g/mol. The van der Waals surface area contributed by atoms with Crippen LogP contribution < -0.4 is 24.8 Å². The van der Waals surface area contributed by atoms with E-state index in [1.54, 1.807) is 6.56 Å². The van der Waals surface area contributed by atoms with Crippen LogP contribution in [-0.2, 0) is 23.2 Å². The smallest absolute Gasteiger partial charge is 0.0307 e. The summed E-state index contributed by atoms with van der Waals surface area (Å²) in [6, 6.07) is 21.5. The van der Waals surface area contributed by atoms with Gasteiger partial charge in [0, 0.05) is 16.6 Å². The fourth-order valence-corrected chi connectivity index (χ4v) is 6.23. The van der Waals surface area contributed by atoms with Crippen LogP contribution in [-0.4, -0.2) is 16.6 Å². The summed E-state index contributed by atoms with van der Waals surface area (Å²) >= 11 is -0.602. The van der Waals surface area contributed by atoms with Gasteiger partial charge in [-0.15, -0.1) is 0 Å². The van der Waals surface area contributed by atoms with E-state index in [1.165, 1.54) is 22.3 Å². The molecule has 0 nitrogen and oxygen atoms in total. The van der Waals surface area contributed by atoms with Gasteiger partial charge < -0.3 is 24.8 Å². The SMILES string of the molecule is C1=[C]([Zr+2][C]2=CC(c3ccccc3)=CC2)CC=C1c1ccccc1.C[SiH2][Si](C)(C)C.[Cl-].[Cl-]. The van der Waals surface area contributed by atoms with Gasteiger partial charge in [-0.05, 0) is 0 Å². The Bertz CT molecular complexity index is 869. The number of hydrogen-bond donors (Lipinski definition) is 0. The first-order chi connectivity index (χ1) is 13.9. The normalized spacial score (nSPS) is 14.8. The van der Waals surface area contributed by atoms with Crippen molar-refractivity contribution in [2.24, 2.45) is 0 Å². The van der Waals surface area contributed by atoms with Crippen LogP contribution >= 0.6 is 0 Å². The molecule has 0 saturated carbocycles. The zero-order valence-corrected chi connectivity index (χ0v) is 25.3. The fourth-order valence-electron chi connectivity index (χ4n) is 3.09. The van der Waals surface area contributed by atoms with E-state index in [0.717, 1.165) is 12.8 Å². The van der Waals surface area contributed by atoms with E-state index in [1.807, 2.05) is 0 Å². The van der Waals surface area contributed by atoms with Gasteiger partial charge in [0.1, 0.15) is 0 Å². The number of hydrogen-bond acceptors (Lipinski definition) is 0. The van der Waals surface area contributed by atoms with Crippen molar-refractivity contribution in [2.45, 2.75) is 39.0 Å². The van der Waals surface area contributed by atoms with Crippen molar-refractivity contribution in [1.29, 1.82) is 0 Å². The molecule has 0 radical (unpaired) electrons. The van der Waals surface area contributed by atoms with Crippen molar-refractivity contribution in [3.8, 4) is 0 Å². The Kier molecular flexibility index (Phi) is 12.6. The molecule has 0 aliphatic heterocycles. The summed E-state index contributed by atoms with van der Waals surface area (Å²) in [4.78, 5) is 0. The Morgan fingerprint density at radius 2 is 1.03 bits per heavy atom. The summed E-state index contributed by atoms with van der Waals surface area (Å²) in [7, 11) is -0.101. The van der Waals surface area contributed by atoms with Gasteiger partial charge in [0.25, 0.3) is 0 Å². The molecule has 0 amide bonds. The third-order valence-electron chi connectivity index (χ3n) is 5.34. The van der Waals surface area contributed by atoms with Crippen LogP contribution in [0.2, 0.25) is 26.2 Å². The summed E-state index contributed by atoms with van der Waals surface area (Å²) in [5.74, 6) is 0. The predicted molar refractivity (Wildman–Crippen MR) is 132 cm³/mol. The second kappa shape index (κ2) is 13.8. The average molecular weight is 563 g/mol. The van der Waals surface area contributed by atoms with Crippen LogP contribution in [0, 0.1) is 0 Å². The van der Waals surface area contributed by atoms with Crippen molar-refractivity contribution in [2.75, 3.05) is 0 Å². The quantitative estimate of drug-likeness (QED) is 0.475. The maximum atomic E-state index is 2.45. The molecule has 2 aliphatic carbocycles. The molecular formula is C26H32Cl2Si2Zr. The second-order valence-corrected chi connectivity index (χ2v) is 26.9. The van der Waals surface area contributed by atoms with Gasteiger partial charge in [-0.25, -0.2) is 0 Å². The Morgan fingerprint density at radius 1 is 0.677 bits per heavy atom. The number of halogens is 2. The van der Waals surface area contributed by atoms with E-state index in [0.29, 0.717) is 9.04 Å². The van der Waals surface area contributed by atoms with E-state index >= 15 is 0 Å². The molecule has 0 atom stereocenters. The second-order valence-electron chi connectivity index (χ2n) is 8.84. The Labute approximate surface area is 216 Å². The third-order valence-corrected chi connectivity index (χ3v) is 17.1. The first kappa shape index (κ1) is 28.3. The number of allylic oxidation sites excluding steroid dienone is 8. The Morgan fingerprint density at radius 3 is 1.35 bits per heavy atom. The van der Waals surface area contributed by atoms with E-state index in [9.17, 15) is 0 Å². The summed E-state index contributed by atoms with van der Waals surface area (Å²) in [6.07, 6.45) is 12.0. The van der Waals surface area contributed by atoms with Crippen LogP contribution in [0.3, 0.4) is 0 Å².